The third kappa shape index (κ3) is 7.13. The van der Waals surface area contributed by atoms with E-state index in [1.807, 2.05) is 31.2 Å². The predicted octanol–water partition coefficient (Wildman–Crippen LogP) is 4.08. The van der Waals surface area contributed by atoms with Crippen molar-refractivity contribution in [3.05, 3.63) is 93.5 Å². The van der Waals surface area contributed by atoms with Gasteiger partial charge in [0.25, 0.3) is 11.6 Å². The normalized spacial score (nSPS) is 10.6. The van der Waals surface area contributed by atoms with Gasteiger partial charge in [-0.1, -0.05) is 18.2 Å². The number of nitro groups is 1. The molecule has 3 rings (SSSR count). The molecular formula is C25H24N4O6. The molecule has 180 valence electrons. The first-order valence-corrected chi connectivity index (χ1v) is 10.7. The van der Waals surface area contributed by atoms with Crippen molar-refractivity contribution < 1.29 is 24.0 Å². The summed E-state index contributed by atoms with van der Waals surface area (Å²) in [5, 5.41) is 17.8. The average Bonchev–Trinajstić information content (AvgIpc) is 2.85. The van der Waals surface area contributed by atoms with Crippen molar-refractivity contribution in [2.45, 2.75) is 13.8 Å². The summed E-state index contributed by atoms with van der Waals surface area (Å²) in [5.74, 6) is -0.517. The number of carbonyl (C=O) groups excluding carboxylic acids is 2. The van der Waals surface area contributed by atoms with E-state index in [0.717, 1.165) is 11.3 Å². The molecular weight excluding hydrogens is 452 g/mol. The molecule has 10 nitrogen and oxygen atoms in total. The zero-order chi connectivity index (χ0) is 25.2. The largest absolute Gasteiger partial charge is 0.490 e. The summed E-state index contributed by atoms with van der Waals surface area (Å²) in [6.07, 6.45) is 1.44. The van der Waals surface area contributed by atoms with E-state index in [4.69, 9.17) is 9.47 Å². The number of esters is 1. The van der Waals surface area contributed by atoms with Gasteiger partial charge in [0, 0.05) is 17.8 Å². The van der Waals surface area contributed by atoms with E-state index in [0.29, 0.717) is 17.9 Å². The fraction of sp³-hybridized carbons (Fsp3) is 0.160. The lowest BCUT2D eigenvalue weighted by Crippen LogP contribution is -2.26. The summed E-state index contributed by atoms with van der Waals surface area (Å²) < 4.78 is 11.0. The highest BCUT2D eigenvalue weighted by Gasteiger charge is 2.15. The van der Waals surface area contributed by atoms with Crippen LogP contribution in [0.25, 0.3) is 0 Å². The Balaban J connectivity index is 1.61. The average molecular weight is 476 g/mol. The highest BCUT2D eigenvalue weighted by molar-refractivity contribution is 5.92. The molecule has 0 radical (unpaired) electrons. The lowest BCUT2D eigenvalue weighted by atomic mass is 10.2. The van der Waals surface area contributed by atoms with Gasteiger partial charge in [-0.15, -0.1) is 0 Å². The van der Waals surface area contributed by atoms with Crippen molar-refractivity contribution in [2.75, 3.05) is 18.5 Å². The Kier molecular flexibility index (Phi) is 8.49. The Labute approximate surface area is 201 Å². The molecule has 0 aliphatic carbocycles. The summed E-state index contributed by atoms with van der Waals surface area (Å²) in [4.78, 5) is 34.7. The second-order valence-corrected chi connectivity index (χ2v) is 7.29. The van der Waals surface area contributed by atoms with E-state index in [2.05, 4.69) is 15.8 Å². The Morgan fingerprint density at radius 3 is 2.49 bits per heavy atom. The van der Waals surface area contributed by atoms with Gasteiger partial charge in [-0.3, -0.25) is 14.9 Å². The molecule has 0 unspecified atom stereocenters. The molecule has 0 atom stereocenters. The molecule has 0 saturated carbocycles. The minimum atomic E-state index is -0.685. The summed E-state index contributed by atoms with van der Waals surface area (Å²) in [6, 6.07) is 17.5. The number of amides is 1. The van der Waals surface area contributed by atoms with E-state index < -0.39 is 10.9 Å². The van der Waals surface area contributed by atoms with Gasteiger partial charge in [0.15, 0.2) is 11.5 Å². The number of nitrogens with one attached hydrogen (secondary N) is 2. The molecule has 0 aliphatic heterocycles. The highest BCUT2D eigenvalue weighted by Crippen LogP contribution is 2.29. The maximum Gasteiger partial charge on any atom is 0.343 e. The Hall–Kier alpha value is -4.73. The van der Waals surface area contributed by atoms with Crippen molar-refractivity contribution in [3.8, 4) is 11.5 Å². The number of nitrogens with zero attached hydrogens (tertiary/aromatic N) is 2. The van der Waals surface area contributed by atoms with Crippen molar-refractivity contribution in [2.24, 2.45) is 5.10 Å². The van der Waals surface area contributed by atoms with Gasteiger partial charge in [0.05, 0.1) is 29.9 Å². The van der Waals surface area contributed by atoms with E-state index in [1.165, 1.54) is 36.5 Å². The van der Waals surface area contributed by atoms with Gasteiger partial charge < -0.3 is 14.8 Å². The van der Waals surface area contributed by atoms with E-state index in [1.54, 1.807) is 19.1 Å². The molecule has 2 N–H and O–H groups in total. The third-order valence-corrected chi connectivity index (χ3v) is 4.77. The number of aryl methyl sites for hydroxylation is 1. The second-order valence-electron chi connectivity index (χ2n) is 7.29. The van der Waals surface area contributed by atoms with E-state index in [9.17, 15) is 19.7 Å². The molecule has 0 aromatic heterocycles. The van der Waals surface area contributed by atoms with Crippen LogP contribution in [0, 0.1) is 17.0 Å². The smallest absolute Gasteiger partial charge is 0.343 e. The Morgan fingerprint density at radius 2 is 1.80 bits per heavy atom. The number of hydrazone groups is 1. The Morgan fingerprint density at radius 1 is 1.06 bits per heavy atom. The molecule has 3 aromatic rings. The number of carbonyl (C=O) groups is 2. The lowest BCUT2D eigenvalue weighted by molar-refractivity contribution is -0.384. The minimum Gasteiger partial charge on any atom is -0.490 e. The van der Waals surface area contributed by atoms with Crippen LogP contribution in [0.15, 0.2) is 71.8 Å². The van der Waals surface area contributed by atoms with Crippen LogP contribution in [0.5, 0.6) is 11.5 Å². The number of non-ortho nitro benzene ring substituents is 1. The molecule has 0 spiro atoms. The highest BCUT2D eigenvalue weighted by atomic mass is 16.6. The third-order valence-electron chi connectivity index (χ3n) is 4.77. The van der Waals surface area contributed by atoms with Crippen LogP contribution < -0.4 is 20.2 Å². The fourth-order valence-corrected chi connectivity index (χ4v) is 3.00. The van der Waals surface area contributed by atoms with Crippen molar-refractivity contribution in [1.82, 2.24) is 5.43 Å². The maximum absolute atomic E-state index is 12.4. The zero-order valence-corrected chi connectivity index (χ0v) is 19.2. The molecule has 0 fully saturated rings. The first-order valence-electron chi connectivity index (χ1n) is 10.7. The van der Waals surface area contributed by atoms with E-state index >= 15 is 0 Å². The van der Waals surface area contributed by atoms with Gasteiger partial charge >= 0.3 is 5.97 Å². The minimum absolute atomic E-state index is 0.0594. The number of hydrogen-bond acceptors (Lipinski definition) is 8. The number of rotatable bonds is 10. The van der Waals surface area contributed by atoms with Crippen LogP contribution in [0.3, 0.4) is 0 Å². The zero-order valence-electron chi connectivity index (χ0n) is 19.2. The van der Waals surface area contributed by atoms with Crippen molar-refractivity contribution in [1.29, 1.82) is 0 Å². The van der Waals surface area contributed by atoms with Crippen LogP contribution in [0.2, 0.25) is 0 Å². The van der Waals surface area contributed by atoms with Crippen LogP contribution in [0.4, 0.5) is 11.4 Å². The van der Waals surface area contributed by atoms with Gasteiger partial charge in [-0.25, -0.2) is 10.2 Å². The molecule has 0 aliphatic rings. The van der Waals surface area contributed by atoms with Gasteiger partial charge in [-0.2, -0.15) is 5.10 Å². The molecule has 1 amide bonds. The molecule has 35 heavy (non-hydrogen) atoms. The van der Waals surface area contributed by atoms with Crippen LogP contribution in [-0.4, -0.2) is 36.2 Å². The first kappa shape index (κ1) is 24.9. The topological polar surface area (TPSA) is 132 Å². The summed E-state index contributed by atoms with van der Waals surface area (Å²) in [5.41, 5.74) is 4.98. The lowest BCUT2D eigenvalue weighted by Gasteiger charge is -2.11. The van der Waals surface area contributed by atoms with Crippen molar-refractivity contribution >= 4 is 29.5 Å². The fourth-order valence-electron chi connectivity index (χ4n) is 3.00. The summed E-state index contributed by atoms with van der Waals surface area (Å²) >= 11 is 0. The van der Waals surface area contributed by atoms with Crippen molar-refractivity contribution in [3.63, 3.8) is 0 Å². The number of hydrogen-bond donors (Lipinski definition) is 2. The standard InChI is InChI=1S/C25H24N4O6/c1-3-34-23-14-18(15-27-28-24(30)16-26-21-7-5-4-6-17(21)2)8-13-22(23)35-25(31)19-9-11-20(12-10-19)29(32)33/h4-15,26H,3,16H2,1-2H3,(H,28,30)/b27-15+. The van der Waals surface area contributed by atoms with Gasteiger partial charge in [-0.05, 0) is 61.4 Å². The number of para-hydroxylation sites is 1. The molecule has 10 heteroatoms. The van der Waals surface area contributed by atoms with Crippen LogP contribution >= 0.6 is 0 Å². The SMILES string of the molecule is CCOc1cc(/C=N/NC(=O)CNc2ccccc2C)ccc1OC(=O)c1ccc([N+](=O)[O-])cc1. The molecule has 0 bridgehead atoms. The number of benzene rings is 3. The predicted molar refractivity (Wildman–Crippen MR) is 131 cm³/mol. The maximum atomic E-state index is 12.4. The monoisotopic (exact) mass is 476 g/mol. The first-order chi connectivity index (χ1) is 16.9. The van der Waals surface area contributed by atoms with Gasteiger partial charge in [0.1, 0.15) is 0 Å². The van der Waals surface area contributed by atoms with E-state index in [-0.39, 0.29) is 29.5 Å². The van der Waals surface area contributed by atoms with Gasteiger partial charge in [0.2, 0.25) is 0 Å². The number of nitro benzene ring substituents is 1. The summed E-state index contributed by atoms with van der Waals surface area (Å²) in [7, 11) is 0. The molecule has 0 saturated heterocycles. The quantitative estimate of drug-likeness (QED) is 0.148. The molecule has 3 aromatic carbocycles. The number of ether oxygens (including phenoxy) is 2. The second kappa shape index (κ2) is 11.9. The van der Waals surface area contributed by atoms with Crippen LogP contribution in [0.1, 0.15) is 28.4 Å². The Bertz CT molecular complexity index is 1240. The molecule has 0 heterocycles. The summed E-state index contributed by atoms with van der Waals surface area (Å²) in [6.45, 7) is 4.11. The van der Waals surface area contributed by atoms with Crippen LogP contribution in [-0.2, 0) is 4.79 Å². The number of anilines is 1.